The number of rotatable bonds is 4. The van der Waals surface area contributed by atoms with E-state index in [-0.39, 0.29) is 11.5 Å². The third-order valence-electron chi connectivity index (χ3n) is 6.03. The number of hydrogen-bond acceptors (Lipinski definition) is 6. The minimum Gasteiger partial charge on any atom is -0.497 e. The Morgan fingerprint density at radius 3 is 2.45 bits per heavy atom. The number of carbonyl (C=O) groups is 3. The van der Waals surface area contributed by atoms with Crippen LogP contribution in [0.1, 0.15) is 10.4 Å². The van der Waals surface area contributed by atoms with Gasteiger partial charge in [0.05, 0.1) is 30.7 Å². The predicted octanol–water partition coefficient (Wildman–Crippen LogP) is 2.43. The molecule has 4 atom stereocenters. The number of carbonyl (C=O) groups excluding carboxylic acids is 3. The van der Waals surface area contributed by atoms with Crippen molar-refractivity contribution in [2.24, 2.45) is 16.9 Å². The summed E-state index contributed by atoms with van der Waals surface area (Å²) >= 11 is 0. The molecule has 2 aromatic carbocycles. The van der Waals surface area contributed by atoms with Crippen LogP contribution in [0.5, 0.6) is 5.75 Å². The van der Waals surface area contributed by atoms with E-state index in [1.54, 1.807) is 42.5 Å². The van der Waals surface area contributed by atoms with Gasteiger partial charge < -0.3 is 4.74 Å². The average molecular weight is 419 g/mol. The third kappa shape index (κ3) is 2.78. The Morgan fingerprint density at radius 2 is 1.74 bits per heavy atom. The molecule has 156 valence electrons. The lowest BCUT2D eigenvalue weighted by molar-refractivity contribution is -0.123. The van der Waals surface area contributed by atoms with Crippen molar-refractivity contribution in [1.82, 2.24) is 5.01 Å². The first-order chi connectivity index (χ1) is 15.0. The Kier molecular flexibility index (Phi) is 4.43. The molecule has 3 aliphatic rings. The first-order valence-corrected chi connectivity index (χ1v) is 9.82. The van der Waals surface area contributed by atoms with Gasteiger partial charge in [0.2, 0.25) is 11.8 Å². The molecule has 3 aliphatic heterocycles. The monoisotopic (exact) mass is 419 g/mol. The van der Waals surface area contributed by atoms with Gasteiger partial charge in [0.25, 0.3) is 0 Å². The highest BCUT2D eigenvalue weighted by Gasteiger charge is 2.64. The van der Waals surface area contributed by atoms with E-state index < -0.39 is 41.6 Å². The van der Waals surface area contributed by atoms with Gasteiger partial charge in [0.15, 0.2) is 5.78 Å². The average Bonchev–Trinajstić information content (AvgIpc) is 3.27. The molecule has 0 bridgehead atoms. The summed E-state index contributed by atoms with van der Waals surface area (Å²) in [7, 11) is 1.53. The molecule has 0 saturated carbocycles. The minimum absolute atomic E-state index is 0.0996. The van der Waals surface area contributed by atoms with Gasteiger partial charge in [-0.05, 0) is 42.5 Å². The topological polar surface area (TPSA) is 79.3 Å². The van der Waals surface area contributed by atoms with Crippen LogP contribution in [-0.4, -0.2) is 48.0 Å². The Hall–Kier alpha value is -3.81. The fourth-order valence-corrected chi connectivity index (χ4v) is 4.63. The van der Waals surface area contributed by atoms with Crippen LogP contribution in [0.4, 0.5) is 10.1 Å². The molecule has 3 heterocycles. The van der Waals surface area contributed by atoms with Gasteiger partial charge in [-0.2, -0.15) is 5.10 Å². The maximum atomic E-state index is 14.4. The number of imide groups is 1. The summed E-state index contributed by atoms with van der Waals surface area (Å²) in [5, 5.41) is 5.82. The van der Waals surface area contributed by atoms with Crippen molar-refractivity contribution >= 4 is 29.5 Å². The molecule has 8 heteroatoms. The zero-order valence-corrected chi connectivity index (χ0v) is 16.5. The number of halogens is 1. The standard InChI is InChI=1S/C23H18FN3O4/c1-31-14-10-8-13(9-11-14)21(28)20-19-18(17-7-4-12-25-27(17)20)22(29)26(23(19)30)16-6-3-2-5-15(16)24/h2-12,17-20H,1H3/t17-,18+,19-,20+/m1/s1. The number of hydrogen-bond donors (Lipinski definition) is 0. The fraction of sp³-hybridized carbons (Fsp3) is 0.217. The molecule has 0 unspecified atom stereocenters. The van der Waals surface area contributed by atoms with Crippen molar-refractivity contribution in [2.75, 3.05) is 12.0 Å². The highest BCUT2D eigenvalue weighted by Crippen LogP contribution is 2.46. The number of ketones is 1. The number of ether oxygens (including phenoxy) is 1. The molecule has 2 amide bonds. The van der Waals surface area contributed by atoms with Gasteiger partial charge in [0, 0.05) is 11.8 Å². The number of nitrogens with zero attached hydrogens (tertiary/aromatic N) is 3. The van der Waals surface area contributed by atoms with Gasteiger partial charge >= 0.3 is 0 Å². The number of methoxy groups -OCH3 is 1. The molecule has 7 nitrogen and oxygen atoms in total. The number of para-hydroxylation sites is 1. The van der Waals surface area contributed by atoms with E-state index in [1.807, 2.05) is 0 Å². The third-order valence-corrected chi connectivity index (χ3v) is 6.03. The van der Waals surface area contributed by atoms with E-state index in [2.05, 4.69) is 5.10 Å². The summed E-state index contributed by atoms with van der Waals surface area (Å²) in [5.41, 5.74) is 0.275. The van der Waals surface area contributed by atoms with Gasteiger partial charge in [-0.15, -0.1) is 0 Å². The number of anilines is 1. The van der Waals surface area contributed by atoms with Crippen molar-refractivity contribution in [3.63, 3.8) is 0 Å². The number of allylic oxidation sites excluding steroid dienone is 1. The molecule has 2 aromatic rings. The normalized spacial score (nSPS) is 26.3. The number of hydrazone groups is 1. The van der Waals surface area contributed by atoms with Crippen molar-refractivity contribution in [1.29, 1.82) is 0 Å². The Bertz CT molecular complexity index is 1140. The Balaban J connectivity index is 1.57. The van der Waals surface area contributed by atoms with Crippen LogP contribution in [0.15, 0.2) is 65.8 Å². The SMILES string of the molecule is COc1ccc(C(=O)[C@@H]2[C@@H]3C(=O)N(c4ccccc4F)C(=O)[C@H]3[C@H]3C=CC=NN32)cc1. The Morgan fingerprint density at radius 1 is 1.03 bits per heavy atom. The van der Waals surface area contributed by atoms with Crippen LogP contribution < -0.4 is 9.64 Å². The van der Waals surface area contributed by atoms with E-state index in [0.29, 0.717) is 11.3 Å². The summed E-state index contributed by atoms with van der Waals surface area (Å²) in [6, 6.07) is 10.6. The molecule has 2 fully saturated rings. The van der Waals surface area contributed by atoms with E-state index in [0.717, 1.165) is 4.90 Å². The molecular weight excluding hydrogens is 401 g/mol. The van der Waals surface area contributed by atoms with E-state index in [4.69, 9.17) is 4.74 Å². The highest BCUT2D eigenvalue weighted by molar-refractivity contribution is 6.24. The van der Waals surface area contributed by atoms with Crippen molar-refractivity contribution in [3.8, 4) is 5.75 Å². The molecule has 31 heavy (non-hydrogen) atoms. The number of fused-ring (bicyclic) bond motifs is 3. The summed E-state index contributed by atoms with van der Waals surface area (Å²) in [6.07, 6.45) is 4.96. The first kappa shape index (κ1) is 19.2. The van der Waals surface area contributed by atoms with E-state index >= 15 is 0 Å². The largest absolute Gasteiger partial charge is 0.497 e. The molecule has 0 aliphatic carbocycles. The quantitative estimate of drug-likeness (QED) is 0.562. The van der Waals surface area contributed by atoms with Crippen LogP contribution in [0.3, 0.4) is 0 Å². The van der Waals surface area contributed by atoms with E-state index in [1.165, 1.54) is 36.5 Å². The van der Waals surface area contributed by atoms with Crippen LogP contribution >= 0.6 is 0 Å². The number of Topliss-reactive ketones (excluding diaryl/α,β-unsaturated/α-hetero) is 1. The van der Waals surface area contributed by atoms with Crippen LogP contribution in [0, 0.1) is 17.7 Å². The van der Waals surface area contributed by atoms with Gasteiger partial charge in [-0.1, -0.05) is 18.2 Å². The maximum Gasteiger partial charge on any atom is 0.240 e. The Labute approximate surface area is 177 Å². The smallest absolute Gasteiger partial charge is 0.240 e. The molecule has 0 N–H and O–H groups in total. The van der Waals surface area contributed by atoms with Crippen LogP contribution in [0.25, 0.3) is 0 Å². The lowest BCUT2D eigenvalue weighted by atomic mass is 9.86. The molecule has 2 saturated heterocycles. The van der Waals surface area contributed by atoms with Crippen molar-refractivity contribution in [2.45, 2.75) is 12.1 Å². The van der Waals surface area contributed by atoms with Crippen LogP contribution in [-0.2, 0) is 9.59 Å². The van der Waals surface area contributed by atoms with Crippen LogP contribution in [0.2, 0.25) is 0 Å². The summed E-state index contributed by atoms with van der Waals surface area (Å²) in [6.45, 7) is 0. The minimum atomic E-state index is -0.974. The van der Waals surface area contributed by atoms with Gasteiger partial charge in [0.1, 0.15) is 17.6 Å². The first-order valence-electron chi connectivity index (χ1n) is 9.82. The number of benzene rings is 2. The van der Waals surface area contributed by atoms with Crippen molar-refractivity contribution < 1.29 is 23.5 Å². The second-order valence-electron chi connectivity index (χ2n) is 7.57. The molecule has 0 spiro atoms. The molecule has 0 radical (unpaired) electrons. The maximum absolute atomic E-state index is 14.4. The second kappa shape index (κ2) is 7.16. The van der Waals surface area contributed by atoms with Gasteiger partial charge in [-0.25, -0.2) is 9.29 Å². The summed E-state index contributed by atoms with van der Waals surface area (Å²) < 4.78 is 19.6. The summed E-state index contributed by atoms with van der Waals surface area (Å²) in [5.74, 6) is -3.32. The lowest BCUT2D eigenvalue weighted by Crippen LogP contribution is -2.46. The lowest BCUT2D eigenvalue weighted by Gasteiger charge is -2.30. The van der Waals surface area contributed by atoms with Crippen molar-refractivity contribution in [3.05, 3.63) is 72.1 Å². The van der Waals surface area contributed by atoms with Gasteiger partial charge in [-0.3, -0.25) is 19.4 Å². The second-order valence-corrected chi connectivity index (χ2v) is 7.57. The summed E-state index contributed by atoms with van der Waals surface area (Å²) in [4.78, 5) is 41.0. The fourth-order valence-electron chi connectivity index (χ4n) is 4.63. The molecule has 0 aromatic heterocycles. The zero-order chi connectivity index (χ0) is 21.7. The van der Waals surface area contributed by atoms with E-state index in [9.17, 15) is 18.8 Å². The number of amides is 2. The molecular formula is C23H18FN3O4. The highest BCUT2D eigenvalue weighted by atomic mass is 19.1. The zero-order valence-electron chi connectivity index (χ0n) is 16.5. The predicted molar refractivity (Wildman–Crippen MR) is 110 cm³/mol. The molecule has 5 rings (SSSR count).